The lowest BCUT2D eigenvalue weighted by molar-refractivity contribution is -0.139. The Kier molecular flexibility index (Phi) is 5.04. The summed E-state index contributed by atoms with van der Waals surface area (Å²) in [5.74, 6) is -0.482. The lowest BCUT2D eigenvalue weighted by Crippen LogP contribution is -2.45. The van der Waals surface area contributed by atoms with Crippen molar-refractivity contribution in [3.05, 3.63) is 24.3 Å². The average Bonchev–Trinajstić information content (AvgIpc) is 2.36. The van der Waals surface area contributed by atoms with Gasteiger partial charge < -0.3 is 10.0 Å². The second-order valence-corrected chi connectivity index (χ2v) is 8.14. The summed E-state index contributed by atoms with van der Waals surface area (Å²) in [6.45, 7) is 7.02. The van der Waals surface area contributed by atoms with Crippen molar-refractivity contribution in [3.8, 4) is 5.75 Å². The summed E-state index contributed by atoms with van der Waals surface area (Å²) in [5.41, 5.74) is -1.02. The van der Waals surface area contributed by atoms with E-state index in [4.69, 9.17) is 0 Å². The average molecular weight is 313 g/mol. The molecule has 1 aromatic rings. The molecule has 0 radical (unpaired) electrons. The monoisotopic (exact) mass is 313 g/mol. The summed E-state index contributed by atoms with van der Waals surface area (Å²) in [7, 11) is -1.93. The molecule has 0 aromatic heterocycles. The van der Waals surface area contributed by atoms with Crippen LogP contribution in [-0.4, -0.2) is 43.2 Å². The molecule has 0 atom stereocenters. The van der Waals surface area contributed by atoms with Gasteiger partial charge in [0.2, 0.25) is 5.91 Å². The maximum Gasteiger partial charge on any atom is 0.229 e. The molecule has 1 N–H and O–H groups in total. The number of aromatic hydroxyl groups is 1. The Morgan fingerprint density at radius 2 is 1.71 bits per heavy atom. The van der Waals surface area contributed by atoms with E-state index >= 15 is 0 Å². The minimum atomic E-state index is -3.60. The Morgan fingerprint density at radius 1 is 1.24 bits per heavy atom. The first-order valence-corrected chi connectivity index (χ1v) is 8.41. The SMILES string of the molecule is CC(C)N(C)C(=O)C(C)(C)CS(=O)(=O)c1ccc(O)cc1. The molecule has 0 aliphatic carbocycles. The number of benzene rings is 1. The van der Waals surface area contributed by atoms with E-state index in [-0.39, 0.29) is 28.3 Å². The topological polar surface area (TPSA) is 74.7 Å². The third-order valence-corrected chi connectivity index (χ3v) is 5.51. The molecule has 1 rings (SSSR count). The van der Waals surface area contributed by atoms with Crippen LogP contribution in [0.3, 0.4) is 0 Å². The number of amides is 1. The highest BCUT2D eigenvalue weighted by Gasteiger charge is 2.36. The first-order chi connectivity index (χ1) is 9.47. The van der Waals surface area contributed by atoms with Crippen molar-refractivity contribution in [2.24, 2.45) is 5.41 Å². The number of hydrogen-bond acceptors (Lipinski definition) is 4. The molecule has 5 nitrogen and oxygen atoms in total. The van der Waals surface area contributed by atoms with Gasteiger partial charge in [-0.05, 0) is 38.1 Å². The smallest absolute Gasteiger partial charge is 0.229 e. The molecule has 0 unspecified atom stereocenters. The molecule has 21 heavy (non-hydrogen) atoms. The summed E-state index contributed by atoms with van der Waals surface area (Å²) in [4.78, 5) is 14.0. The van der Waals surface area contributed by atoms with Crippen LogP contribution >= 0.6 is 0 Å². The Morgan fingerprint density at radius 3 is 2.14 bits per heavy atom. The standard InChI is InChI=1S/C15H23NO4S/c1-11(2)16(5)14(18)15(3,4)10-21(19,20)13-8-6-12(17)7-9-13/h6-9,11,17H,10H2,1-5H3. The van der Waals surface area contributed by atoms with Gasteiger partial charge in [0.25, 0.3) is 0 Å². The van der Waals surface area contributed by atoms with Crippen molar-refractivity contribution in [2.45, 2.75) is 38.6 Å². The number of carbonyl (C=O) groups excluding carboxylic acids is 1. The van der Waals surface area contributed by atoms with Crippen molar-refractivity contribution < 1.29 is 18.3 Å². The molecule has 6 heteroatoms. The maximum atomic E-state index is 12.4. The van der Waals surface area contributed by atoms with Crippen LogP contribution in [0, 0.1) is 5.41 Å². The fourth-order valence-corrected chi connectivity index (χ4v) is 3.78. The second-order valence-electron chi connectivity index (χ2n) is 6.15. The van der Waals surface area contributed by atoms with Crippen LogP contribution < -0.4 is 0 Å². The predicted molar refractivity (Wildman–Crippen MR) is 81.8 cm³/mol. The lowest BCUT2D eigenvalue weighted by Gasteiger charge is -2.31. The van der Waals surface area contributed by atoms with E-state index in [2.05, 4.69) is 0 Å². The Bertz CT molecular complexity index is 603. The molecular weight excluding hydrogens is 290 g/mol. The largest absolute Gasteiger partial charge is 0.508 e. The van der Waals surface area contributed by atoms with Crippen LogP contribution in [0.4, 0.5) is 0 Å². The van der Waals surface area contributed by atoms with Crippen molar-refractivity contribution >= 4 is 15.7 Å². The van der Waals surface area contributed by atoms with Crippen molar-refractivity contribution in [3.63, 3.8) is 0 Å². The lowest BCUT2D eigenvalue weighted by atomic mass is 9.94. The van der Waals surface area contributed by atoms with Crippen LogP contribution in [-0.2, 0) is 14.6 Å². The first-order valence-electron chi connectivity index (χ1n) is 6.76. The zero-order valence-electron chi connectivity index (χ0n) is 13.1. The van der Waals surface area contributed by atoms with Crippen LogP contribution in [0.2, 0.25) is 0 Å². The molecule has 0 bridgehead atoms. The van der Waals surface area contributed by atoms with Gasteiger partial charge in [-0.1, -0.05) is 13.8 Å². The van der Waals surface area contributed by atoms with E-state index in [0.717, 1.165) is 0 Å². The van der Waals surface area contributed by atoms with E-state index in [1.54, 1.807) is 25.8 Å². The van der Waals surface area contributed by atoms with Crippen LogP contribution in [0.25, 0.3) is 0 Å². The fraction of sp³-hybridized carbons (Fsp3) is 0.533. The molecule has 0 saturated heterocycles. The highest BCUT2D eigenvalue weighted by molar-refractivity contribution is 7.91. The summed E-state index contributed by atoms with van der Waals surface area (Å²) >= 11 is 0. The number of carbonyl (C=O) groups is 1. The van der Waals surface area contributed by atoms with Crippen molar-refractivity contribution in [1.82, 2.24) is 4.90 Å². The van der Waals surface area contributed by atoms with Gasteiger partial charge in [-0.25, -0.2) is 8.42 Å². The Hall–Kier alpha value is -1.56. The molecule has 1 amide bonds. The van der Waals surface area contributed by atoms with Gasteiger partial charge in [0.1, 0.15) is 5.75 Å². The van der Waals surface area contributed by atoms with Gasteiger partial charge in [0.15, 0.2) is 9.84 Å². The first kappa shape index (κ1) is 17.5. The van der Waals surface area contributed by atoms with Gasteiger partial charge in [-0.2, -0.15) is 0 Å². The number of nitrogens with zero attached hydrogens (tertiary/aromatic N) is 1. The number of hydrogen-bond donors (Lipinski definition) is 1. The fourth-order valence-electron chi connectivity index (χ4n) is 1.99. The number of phenolic OH excluding ortho intramolecular Hbond substituents is 1. The van der Waals surface area contributed by atoms with E-state index < -0.39 is 15.3 Å². The van der Waals surface area contributed by atoms with Gasteiger partial charge in [-0.15, -0.1) is 0 Å². The molecule has 0 saturated carbocycles. The van der Waals surface area contributed by atoms with Crippen molar-refractivity contribution in [2.75, 3.05) is 12.8 Å². The summed E-state index contributed by atoms with van der Waals surface area (Å²) in [6, 6.07) is 5.34. The molecule has 1 aromatic carbocycles. The Balaban J connectivity index is 3.02. The third-order valence-electron chi connectivity index (χ3n) is 3.42. The third kappa shape index (κ3) is 4.20. The quantitative estimate of drug-likeness (QED) is 0.903. The van der Waals surface area contributed by atoms with Gasteiger partial charge in [0.05, 0.1) is 16.1 Å². The summed E-state index contributed by atoms with van der Waals surface area (Å²) in [5, 5.41) is 9.22. The van der Waals surface area contributed by atoms with Gasteiger partial charge in [0, 0.05) is 13.1 Å². The van der Waals surface area contributed by atoms with E-state index in [9.17, 15) is 18.3 Å². The second kappa shape index (κ2) is 6.05. The van der Waals surface area contributed by atoms with Crippen LogP contribution in [0.5, 0.6) is 5.75 Å². The normalized spacial score (nSPS) is 12.5. The zero-order chi connectivity index (χ0) is 16.4. The van der Waals surface area contributed by atoms with Gasteiger partial charge >= 0.3 is 0 Å². The van der Waals surface area contributed by atoms with E-state index in [1.807, 2.05) is 13.8 Å². The minimum Gasteiger partial charge on any atom is -0.508 e. The summed E-state index contributed by atoms with van der Waals surface area (Å²) < 4.78 is 24.8. The molecular formula is C15H23NO4S. The molecule has 0 heterocycles. The predicted octanol–water partition coefficient (Wildman–Crippen LogP) is 2.06. The van der Waals surface area contributed by atoms with Crippen LogP contribution in [0.1, 0.15) is 27.7 Å². The Labute approximate surface area is 126 Å². The molecule has 0 aliphatic rings. The van der Waals surface area contributed by atoms with E-state index in [1.165, 1.54) is 24.3 Å². The molecule has 0 fully saturated rings. The number of rotatable bonds is 5. The minimum absolute atomic E-state index is 0.00354. The zero-order valence-corrected chi connectivity index (χ0v) is 13.9. The summed E-state index contributed by atoms with van der Waals surface area (Å²) in [6.07, 6.45) is 0. The number of sulfone groups is 1. The van der Waals surface area contributed by atoms with Crippen LogP contribution in [0.15, 0.2) is 29.2 Å². The molecule has 118 valence electrons. The molecule has 0 spiro atoms. The number of phenols is 1. The highest BCUT2D eigenvalue weighted by atomic mass is 32.2. The highest BCUT2D eigenvalue weighted by Crippen LogP contribution is 2.26. The molecule has 0 aliphatic heterocycles. The van der Waals surface area contributed by atoms with E-state index in [0.29, 0.717) is 0 Å². The van der Waals surface area contributed by atoms with Gasteiger partial charge in [-0.3, -0.25) is 4.79 Å². The van der Waals surface area contributed by atoms with Crippen molar-refractivity contribution in [1.29, 1.82) is 0 Å². The maximum absolute atomic E-state index is 12.4.